The van der Waals surface area contributed by atoms with Gasteiger partial charge in [0.05, 0.1) is 4.90 Å². The fourth-order valence-corrected chi connectivity index (χ4v) is 7.75. The molecule has 8 heteroatoms. The van der Waals surface area contributed by atoms with Crippen LogP contribution in [0.2, 0.25) is 0 Å². The van der Waals surface area contributed by atoms with Gasteiger partial charge < -0.3 is 10.2 Å². The van der Waals surface area contributed by atoms with Crippen molar-refractivity contribution >= 4 is 21.8 Å². The van der Waals surface area contributed by atoms with Crippen molar-refractivity contribution in [2.24, 2.45) is 0 Å². The minimum absolute atomic E-state index is 0.112. The van der Waals surface area contributed by atoms with Gasteiger partial charge in [-0.25, -0.2) is 8.42 Å². The summed E-state index contributed by atoms with van der Waals surface area (Å²) in [7, 11) is -3.49. The van der Waals surface area contributed by atoms with E-state index in [1.807, 2.05) is 60.7 Å². The normalized spacial score (nSPS) is 16.1. The lowest BCUT2D eigenvalue weighted by atomic mass is 9.97. The number of amides is 2. The predicted molar refractivity (Wildman–Crippen MR) is 178 cm³/mol. The van der Waals surface area contributed by atoms with Crippen molar-refractivity contribution in [1.29, 1.82) is 0 Å². The molecule has 0 aromatic heterocycles. The third kappa shape index (κ3) is 9.14. The molecule has 1 atom stereocenters. The summed E-state index contributed by atoms with van der Waals surface area (Å²) >= 11 is 0. The second-order valence-electron chi connectivity index (χ2n) is 12.1. The molecule has 0 bridgehead atoms. The summed E-state index contributed by atoms with van der Waals surface area (Å²) in [6, 6.07) is 25.8. The van der Waals surface area contributed by atoms with E-state index in [9.17, 15) is 18.0 Å². The number of allylic oxidation sites excluding steroid dienone is 1. The van der Waals surface area contributed by atoms with Gasteiger partial charge in [-0.2, -0.15) is 4.31 Å². The maximum absolute atomic E-state index is 14.0. The van der Waals surface area contributed by atoms with Gasteiger partial charge in [0.15, 0.2) is 0 Å². The molecule has 7 nitrogen and oxygen atoms in total. The second kappa shape index (κ2) is 16.0. The zero-order valence-corrected chi connectivity index (χ0v) is 26.9. The molecule has 0 spiro atoms. The van der Waals surface area contributed by atoms with Gasteiger partial charge in [-0.05, 0) is 80.2 Å². The average Bonchev–Trinajstić information content (AvgIpc) is 3.63. The highest BCUT2D eigenvalue weighted by Crippen LogP contribution is 2.23. The van der Waals surface area contributed by atoms with E-state index in [0.717, 1.165) is 48.8 Å². The van der Waals surface area contributed by atoms with Gasteiger partial charge in [0.2, 0.25) is 21.8 Å². The summed E-state index contributed by atoms with van der Waals surface area (Å²) in [5.74, 6) is -0.255. The molecule has 1 fully saturated rings. The Balaban J connectivity index is 1.32. The van der Waals surface area contributed by atoms with Gasteiger partial charge in [-0.1, -0.05) is 84.4 Å². The van der Waals surface area contributed by atoms with Crippen LogP contribution < -0.4 is 5.32 Å². The Morgan fingerprint density at radius 3 is 2.09 bits per heavy atom. The molecule has 238 valence electrons. The van der Waals surface area contributed by atoms with E-state index in [1.54, 1.807) is 29.2 Å². The average molecular weight is 628 g/mol. The molecule has 45 heavy (non-hydrogen) atoms. The van der Waals surface area contributed by atoms with E-state index in [2.05, 4.69) is 11.4 Å². The van der Waals surface area contributed by atoms with Gasteiger partial charge in [0.1, 0.15) is 6.04 Å². The minimum Gasteiger partial charge on any atom is -0.354 e. The Morgan fingerprint density at radius 2 is 1.44 bits per heavy atom. The van der Waals surface area contributed by atoms with Gasteiger partial charge >= 0.3 is 0 Å². The first kappa shape index (κ1) is 32.6. The zero-order valence-electron chi connectivity index (χ0n) is 26.1. The summed E-state index contributed by atoms with van der Waals surface area (Å²) in [5.41, 5.74) is 4.24. The highest BCUT2D eigenvalue weighted by molar-refractivity contribution is 7.89. The molecule has 5 rings (SSSR count). The molecule has 0 radical (unpaired) electrons. The lowest BCUT2D eigenvalue weighted by molar-refractivity contribution is -0.141. The third-order valence-corrected chi connectivity index (χ3v) is 10.8. The van der Waals surface area contributed by atoms with Gasteiger partial charge in [0, 0.05) is 39.0 Å². The topological polar surface area (TPSA) is 86.8 Å². The third-order valence-electron chi connectivity index (χ3n) is 8.85. The first-order valence-electron chi connectivity index (χ1n) is 16.3. The molecule has 0 saturated carbocycles. The molecular formula is C37H45N3O4S. The first-order chi connectivity index (χ1) is 21.9. The smallest absolute Gasteiger partial charge is 0.243 e. The van der Waals surface area contributed by atoms with Crippen molar-refractivity contribution in [3.05, 3.63) is 113 Å². The number of nitrogens with zero attached hydrogens (tertiary/aromatic N) is 2. The maximum atomic E-state index is 14.0. The standard InChI is InChI=1S/C37H45N3O4S/c41-36(23-20-31-18-21-34(22-19-31)45(43,44)39-26-10-11-27-39)40(29-33-16-8-3-9-17-33)35(28-32-14-6-2-7-15-32)37(42)38-25-24-30-12-4-1-5-13-30/h2-3,6-9,12,14-19,21-22,35H,1,4-5,10-11,13,20,23-29H2,(H,38,42)/t35-/m0/s1. The Morgan fingerprint density at radius 1 is 0.778 bits per heavy atom. The highest BCUT2D eigenvalue weighted by Gasteiger charge is 2.30. The Hall–Kier alpha value is -3.75. The highest BCUT2D eigenvalue weighted by atomic mass is 32.2. The number of carbonyl (C=O) groups is 2. The SMILES string of the molecule is O=C(NCCC1=CCCCC1)[C@H](Cc1ccccc1)N(Cc1ccccc1)C(=O)CCc1ccc(S(=O)(=O)N2CCCC2)cc1. The molecule has 1 saturated heterocycles. The lowest BCUT2D eigenvalue weighted by Gasteiger charge is -2.32. The quantitative estimate of drug-likeness (QED) is 0.221. The van der Waals surface area contributed by atoms with Crippen molar-refractivity contribution < 1.29 is 18.0 Å². The molecule has 1 aliphatic heterocycles. The van der Waals surface area contributed by atoms with Crippen molar-refractivity contribution in [2.75, 3.05) is 19.6 Å². The lowest BCUT2D eigenvalue weighted by Crippen LogP contribution is -2.50. The summed E-state index contributed by atoms with van der Waals surface area (Å²) < 4.78 is 27.4. The van der Waals surface area contributed by atoms with Crippen LogP contribution in [0.3, 0.4) is 0 Å². The van der Waals surface area contributed by atoms with E-state index in [0.29, 0.717) is 39.0 Å². The number of hydrogen-bond acceptors (Lipinski definition) is 4. The summed E-state index contributed by atoms with van der Waals surface area (Å²) in [6.45, 7) is 2.00. The van der Waals surface area contributed by atoms with E-state index in [-0.39, 0.29) is 23.1 Å². The molecule has 0 unspecified atom stereocenters. The van der Waals surface area contributed by atoms with Gasteiger partial charge in [-0.15, -0.1) is 0 Å². The fourth-order valence-electron chi connectivity index (χ4n) is 6.23. The van der Waals surface area contributed by atoms with Gasteiger partial charge in [-0.3, -0.25) is 9.59 Å². The number of carbonyl (C=O) groups excluding carboxylic acids is 2. The van der Waals surface area contributed by atoms with Crippen LogP contribution >= 0.6 is 0 Å². The molecule has 2 amide bonds. The fraction of sp³-hybridized carbons (Fsp3) is 0.405. The van der Waals surface area contributed by atoms with Crippen LogP contribution in [0, 0.1) is 0 Å². The zero-order chi connectivity index (χ0) is 31.5. The van der Waals surface area contributed by atoms with Crippen molar-refractivity contribution in [3.8, 4) is 0 Å². The number of sulfonamides is 1. The molecule has 1 heterocycles. The van der Waals surface area contributed by atoms with Crippen LogP contribution in [-0.4, -0.2) is 55.1 Å². The minimum atomic E-state index is -3.49. The molecule has 3 aromatic carbocycles. The first-order valence-corrected chi connectivity index (χ1v) is 17.8. The second-order valence-corrected chi connectivity index (χ2v) is 14.1. The molecule has 1 N–H and O–H groups in total. The molecule has 1 aliphatic carbocycles. The summed E-state index contributed by atoms with van der Waals surface area (Å²) in [5, 5.41) is 3.15. The van der Waals surface area contributed by atoms with E-state index < -0.39 is 16.1 Å². The molecule has 2 aliphatic rings. The van der Waals surface area contributed by atoms with Crippen LogP contribution in [-0.2, 0) is 39.0 Å². The Labute approximate surface area is 268 Å². The predicted octanol–water partition coefficient (Wildman–Crippen LogP) is 6.05. The number of nitrogens with one attached hydrogen (secondary N) is 1. The largest absolute Gasteiger partial charge is 0.354 e. The van der Waals surface area contributed by atoms with E-state index in [4.69, 9.17) is 0 Å². The Bertz CT molecular complexity index is 1530. The number of hydrogen-bond donors (Lipinski definition) is 1. The summed E-state index contributed by atoms with van der Waals surface area (Å²) in [4.78, 5) is 29.9. The van der Waals surface area contributed by atoms with Crippen LogP contribution in [0.4, 0.5) is 0 Å². The molecular weight excluding hydrogens is 582 g/mol. The van der Waals surface area contributed by atoms with Crippen molar-refractivity contribution in [2.45, 2.75) is 81.7 Å². The number of rotatable bonds is 14. The van der Waals surface area contributed by atoms with E-state index >= 15 is 0 Å². The van der Waals surface area contributed by atoms with Crippen LogP contribution in [0.1, 0.15) is 68.1 Å². The van der Waals surface area contributed by atoms with Gasteiger partial charge in [0.25, 0.3) is 0 Å². The Kier molecular flexibility index (Phi) is 11.6. The van der Waals surface area contributed by atoms with Crippen molar-refractivity contribution in [1.82, 2.24) is 14.5 Å². The van der Waals surface area contributed by atoms with Crippen LogP contribution in [0.15, 0.2) is 101 Å². The summed E-state index contributed by atoms with van der Waals surface area (Å²) in [6.07, 6.45) is 10.6. The van der Waals surface area contributed by atoms with E-state index in [1.165, 1.54) is 22.7 Å². The number of benzene rings is 3. The van der Waals surface area contributed by atoms with Crippen LogP contribution in [0.5, 0.6) is 0 Å². The van der Waals surface area contributed by atoms with Crippen LogP contribution in [0.25, 0.3) is 0 Å². The van der Waals surface area contributed by atoms with Crippen molar-refractivity contribution in [3.63, 3.8) is 0 Å². The monoisotopic (exact) mass is 627 g/mol. The maximum Gasteiger partial charge on any atom is 0.243 e. The molecule has 3 aromatic rings. The number of aryl methyl sites for hydroxylation is 1.